The molecule has 2 amide bonds. The minimum absolute atomic E-state index is 0.0440. The molecule has 2 fully saturated rings. The molecule has 1 aromatic heterocycles. The molecule has 1 saturated carbocycles. The second-order valence-electron chi connectivity index (χ2n) is 7.02. The van der Waals surface area contributed by atoms with Crippen molar-refractivity contribution in [2.24, 2.45) is 0 Å². The van der Waals surface area contributed by atoms with E-state index in [2.05, 4.69) is 10.3 Å². The molecule has 3 N–H and O–H groups in total. The largest absolute Gasteiger partial charge is 0.389 e. The van der Waals surface area contributed by atoms with E-state index in [1.807, 2.05) is 25.1 Å². The number of H-pyrrole nitrogens is 1. The lowest BCUT2D eigenvalue weighted by molar-refractivity contribution is -0.137. The highest BCUT2D eigenvalue weighted by atomic mass is 19.1. The van der Waals surface area contributed by atoms with Crippen LogP contribution in [0, 0.1) is 6.92 Å². The van der Waals surface area contributed by atoms with Gasteiger partial charge in [-0.3, -0.25) is 9.59 Å². The second-order valence-corrected chi connectivity index (χ2v) is 7.02. The van der Waals surface area contributed by atoms with Gasteiger partial charge in [0.1, 0.15) is 0 Å². The zero-order valence-electron chi connectivity index (χ0n) is 13.9. The smallest absolute Gasteiger partial charge is 0.260 e. The van der Waals surface area contributed by atoms with Crippen LogP contribution in [0.4, 0.5) is 4.39 Å². The van der Waals surface area contributed by atoms with Crippen molar-refractivity contribution in [2.45, 2.75) is 37.6 Å². The summed E-state index contributed by atoms with van der Waals surface area (Å²) in [5.74, 6) is -0.897. The molecule has 2 aliphatic rings. The van der Waals surface area contributed by atoms with Gasteiger partial charge in [0.2, 0.25) is 0 Å². The van der Waals surface area contributed by atoms with E-state index < -0.39 is 23.7 Å². The van der Waals surface area contributed by atoms with Crippen LogP contribution in [0.3, 0.4) is 0 Å². The molecule has 7 heteroatoms. The minimum Gasteiger partial charge on any atom is -0.389 e. The number of carbonyl (C=O) groups is 2. The summed E-state index contributed by atoms with van der Waals surface area (Å²) in [5, 5.41) is 13.8. The number of alkyl halides is 1. The highest BCUT2D eigenvalue weighted by Gasteiger charge is 2.54. The van der Waals surface area contributed by atoms with Crippen molar-refractivity contribution in [3.05, 3.63) is 35.5 Å². The second kappa shape index (κ2) is 5.56. The molecule has 132 valence electrons. The summed E-state index contributed by atoms with van der Waals surface area (Å²) in [6, 6.07) is 5.12. The molecule has 0 unspecified atom stereocenters. The summed E-state index contributed by atoms with van der Waals surface area (Å²) in [7, 11) is 0. The Balaban J connectivity index is 1.50. The van der Waals surface area contributed by atoms with E-state index in [-0.39, 0.29) is 31.8 Å². The predicted molar refractivity (Wildman–Crippen MR) is 89.9 cm³/mol. The summed E-state index contributed by atoms with van der Waals surface area (Å²) >= 11 is 0. The van der Waals surface area contributed by atoms with E-state index >= 15 is 0 Å². The summed E-state index contributed by atoms with van der Waals surface area (Å²) in [5.41, 5.74) is 0.573. The first kappa shape index (κ1) is 16.1. The predicted octanol–water partition coefficient (Wildman–Crippen LogP) is 1.28. The third-order valence-corrected chi connectivity index (χ3v) is 5.12. The van der Waals surface area contributed by atoms with Gasteiger partial charge in [-0.15, -0.1) is 0 Å². The van der Waals surface area contributed by atoms with Gasteiger partial charge in [0.15, 0.2) is 5.67 Å². The Morgan fingerprint density at radius 1 is 1.36 bits per heavy atom. The normalized spacial score (nSPS) is 24.5. The number of likely N-dealkylation sites (tertiary alicyclic amines) is 1. The van der Waals surface area contributed by atoms with Crippen LogP contribution < -0.4 is 5.32 Å². The number of hydrogen-bond acceptors (Lipinski definition) is 3. The topological polar surface area (TPSA) is 85.4 Å². The fraction of sp³-hybridized carbons (Fsp3) is 0.444. The third kappa shape index (κ3) is 2.68. The summed E-state index contributed by atoms with van der Waals surface area (Å²) in [4.78, 5) is 29.1. The lowest BCUT2D eigenvalue weighted by atomic mass is 10.1. The van der Waals surface area contributed by atoms with Crippen LogP contribution >= 0.6 is 0 Å². The van der Waals surface area contributed by atoms with Crippen LogP contribution in [0.15, 0.2) is 24.4 Å². The average Bonchev–Trinajstić information content (AvgIpc) is 3.03. The first-order valence-corrected chi connectivity index (χ1v) is 8.43. The van der Waals surface area contributed by atoms with Crippen LogP contribution in [0.25, 0.3) is 10.9 Å². The van der Waals surface area contributed by atoms with Crippen LogP contribution in [-0.4, -0.2) is 57.7 Å². The van der Waals surface area contributed by atoms with Crippen molar-refractivity contribution in [3.63, 3.8) is 0 Å². The van der Waals surface area contributed by atoms with Gasteiger partial charge < -0.3 is 20.3 Å². The Morgan fingerprint density at radius 3 is 2.84 bits per heavy atom. The Labute approximate surface area is 144 Å². The van der Waals surface area contributed by atoms with Gasteiger partial charge in [0.05, 0.1) is 17.7 Å². The summed E-state index contributed by atoms with van der Waals surface area (Å²) in [6.45, 7) is 2.09. The fourth-order valence-electron chi connectivity index (χ4n) is 3.49. The Bertz CT molecular complexity index is 858. The van der Waals surface area contributed by atoms with Crippen molar-refractivity contribution in [3.8, 4) is 0 Å². The molecule has 2 aromatic rings. The third-order valence-electron chi connectivity index (χ3n) is 5.12. The Kier molecular flexibility index (Phi) is 3.57. The molecule has 1 aliphatic carbocycles. The monoisotopic (exact) mass is 345 g/mol. The van der Waals surface area contributed by atoms with E-state index in [4.69, 9.17) is 0 Å². The molecule has 4 rings (SSSR count). The molecule has 2 atom stereocenters. The van der Waals surface area contributed by atoms with Crippen molar-refractivity contribution in [1.29, 1.82) is 0 Å². The molecular weight excluding hydrogens is 325 g/mol. The van der Waals surface area contributed by atoms with Gasteiger partial charge in [-0.1, -0.05) is 12.1 Å². The minimum atomic E-state index is -1.76. The van der Waals surface area contributed by atoms with Gasteiger partial charge in [-0.25, -0.2) is 4.39 Å². The quantitative estimate of drug-likeness (QED) is 0.783. The van der Waals surface area contributed by atoms with Crippen molar-refractivity contribution >= 4 is 22.7 Å². The number of benzene rings is 1. The molecule has 1 aliphatic heterocycles. The number of aryl methyl sites for hydroxylation is 1. The lowest BCUT2D eigenvalue weighted by Crippen LogP contribution is -2.43. The number of fused-ring (bicyclic) bond motifs is 1. The Morgan fingerprint density at radius 2 is 2.12 bits per heavy atom. The number of halogens is 1. The van der Waals surface area contributed by atoms with Crippen molar-refractivity contribution in [2.75, 3.05) is 13.1 Å². The van der Waals surface area contributed by atoms with Crippen LogP contribution in [0.5, 0.6) is 0 Å². The van der Waals surface area contributed by atoms with Crippen molar-refractivity contribution < 1.29 is 19.1 Å². The van der Waals surface area contributed by atoms with Crippen LogP contribution in [0.2, 0.25) is 0 Å². The van der Waals surface area contributed by atoms with E-state index in [1.54, 1.807) is 6.20 Å². The molecule has 1 saturated heterocycles. The van der Waals surface area contributed by atoms with Gasteiger partial charge >= 0.3 is 0 Å². The SMILES string of the molecule is Cc1cccc2[nH]cc(C(=O)N[C@@H]3CN(C(=O)C4(F)CC4)C[C@H]3O)c12. The van der Waals surface area contributed by atoms with Gasteiger partial charge in [0, 0.05) is 30.2 Å². The summed E-state index contributed by atoms with van der Waals surface area (Å²) < 4.78 is 13.9. The number of nitrogens with zero attached hydrogens (tertiary/aromatic N) is 1. The molecule has 0 spiro atoms. The number of amides is 2. The zero-order chi connectivity index (χ0) is 17.8. The first-order chi connectivity index (χ1) is 11.9. The molecule has 0 radical (unpaired) electrons. The van der Waals surface area contributed by atoms with E-state index in [0.29, 0.717) is 5.56 Å². The molecular formula is C18H20FN3O3. The number of nitrogens with one attached hydrogen (secondary N) is 2. The van der Waals surface area contributed by atoms with E-state index in [0.717, 1.165) is 16.5 Å². The molecule has 0 bridgehead atoms. The number of hydrogen-bond donors (Lipinski definition) is 3. The number of aromatic nitrogens is 1. The van der Waals surface area contributed by atoms with Gasteiger partial charge in [-0.2, -0.15) is 0 Å². The maximum atomic E-state index is 13.9. The first-order valence-electron chi connectivity index (χ1n) is 8.43. The number of aliphatic hydroxyl groups excluding tert-OH is 1. The highest BCUT2D eigenvalue weighted by molar-refractivity contribution is 6.08. The number of rotatable bonds is 3. The fourth-order valence-corrected chi connectivity index (χ4v) is 3.49. The zero-order valence-corrected chi connectivity index (χ0v) is 13.9. The number of carbonyl (C=O) groups excluding carboxylic acids is 2. The average molecular weight is 345 g/mol. The number of aromatic amines is 1. The molecule has 25 heavy (non-hydrogen) atoms. The summed E-state index contributed by atoms with van der Waals surface area (Å²) in [6.07, 6.45) is 1.22. The maximum Gasteiger partial charge on any atom is 0.260 e. The Hall–Kier alpha value is -2.41. The van der Waals surface area contributed by atoms with Crippen LogP contribution in [0.1, 0.15) is 28.8 Å². The molecule has 2 heterocycles. The number of β-amino-alcohol motifs (C(OH)–C–C–N with tert-alkyl or cyclic N) is 1. The van der Waals surface area contributed by atoms with Crippen molar-refractivity contribution in [1.82, 2.24) is 15.2 Å². The van der Waals surface area contributed by atoms with Crippen LogP contribution in [-0.2, 0) is 4.79 Å². The van der Waals surface area contributed by atoms with Gasteiger partial charge in [0.25, 0.3) is 11.8 Å². The lowest BCUT2D eigenvalue weighted by Gasteiger charge is -2.18. The standard InChI is InChI=1S/C18H20FN3O3/c1-10-3-2-4-12-15(10)11(7-20-12)16(24)21-13-8-22(9-14(13)23)17(25)18(19)5-6-18/h2-4,7,13-14,20,23H,5-6,8-9H2,1H3,(H,21,24)/t13-,14-/m1/s1. The van der Waals surface area contributed by atoms with E-state index in [1.165, 1.54) is 4.90 Å². The van der Waals surface area contributed by atoms with E-state index in [9.17, 15) is 19.1 Å². The van der Waals surface area contributed by atoms with Gasteiger partial charge in [-0.05, 0) is 31.4 Å². The number of aliphatic hydroxyl groups is 1. The molecule has 1 aromatic carbocycles. The highest BCUT2D eigenvalue weighted by Crippen LogP contribution is 2.42. The maximum absolute atomic E-state index is 13.9. The molecule has 6 nitrogen and oxygen atoms in total.